The monoisotopic (exact) mass is 290 g/mol. The number of ether oxygens (including phenoxy) is 2. The van der Waals surface area contributed by atoms with Gasteiger partial charge in [-0.2, -0.15) is 5.26 Å². The predicted octanol–water partition coefficient (Wildman–Crippen LogP) is 1.83. The summed E-state index contributed by atoms with van der Waals surface area (Å²) in [5.74, 6) is -3.72. The van der Waals surface area contributed by atoms with Gasteiger partial charge in [0.2, 0.25) is 0 Å². The standard InChI is InChI=1S/C14H11FN2O4/c1-14(2)20-12(18)9(13(19)21-14)7-17-11-5-8(6-16)3-4-10(11)15/h3-5,7,17H,1-2H3. The molecule has 1 saturated heterocycles. The van der Waals surface area contributed by atoms with Crippen molar-refractivity contribution in [1.29, 1.82) is 5.26 Å². The lowest BCUT2D eigenvalue weighted by Gasteiger charge is -2.29. The van der Waals surface area contributed by atoms with Crippen molar-refractivity contribution in [1.82, 2.24) is 0 Å². The van der Waals surface area contributed by atoms with Crippen LogP contribution in [-0.4, -0.2) is 17.7 Å². The molecule has 1 aliphatic rings. The molecule has 1 aliphatic heterocycles. The molecule has 0 atom stereocenters. The fraction of sp³-hybridized carbons (Fsp3) is 0.214. The predicted molar refractivity (Wildman–Crippen MR) is 69.1 cm³/mol. The van der Waals surface area contributed by atoms with Crippen molar-refractivity contribution in [2.24, 2.45) is 0 Å². The van der Waals surface area contributed by atoms with Crippen LogP contribution >= 0.6 is 0 Å². The van der Waals surface area contributed by atoms with Gasteiger partial charge >= 0.3 is 11.9 Å². The molecule has 1 heterocycles. The lowest BCUT2D eigenvalue weighted by Crippen LogP contribution is -2.42. The van der Waals surface area contributed by atoms with Gasteiger partial charge in [-0.1, -0.05) is 0 Å². The smallest absolute Gasteiger partial charge is 0.350 e. The highest BCUT2D eigenvalue weighted by Gasteiger charge is 2.38. The van der Waals surface area contributed by atoms with Crippen LogP contribution in [0.4, 0.5) is 10.1 Å². The number of rotatable bonds is 2. The van der Waals surface area contributed by atoms with E-state index < -0.39 is 29.1 Å². The Balaban J connectivity index is 2.24. The van der Waals surface area contributed by atoms with E-state index in [0.717, 1.165) is 12.3 Å². The highest BCUT2D eigenvalue weighted by molar-refractivity contribution is 6.15. The summed E-state index contributed by atoms with van der Waals surface area (Å²) in [6, 6.07) is 5.50. The van der Waals surface area contributed by atoms with Crippen LogP contribution in [0.25, 0.3) is 0 Å². The van der Waals surface area contributed by atoms with E-state index in [4.69, 9.17) is 14.7 Å². The molecule has 0 bridgehead atoms. The Bertz CT molecular complexity index is 667. The molecule has 7 heteroatoms. The van der Waals surface area contributed by atoms with Crippen LogP contribution in [0.2, 0.25) is 0 Å². The quantitative estimate of drug-likeness (QED) is 0.508. The van der Waals surface area contributed by atoms with Gasteiger partial charge in [0.15, 0.2) is 5.57 Å². The first-order valence-corrected chi connectivity index (χ1v) is 5.95. The number of hydrogen-bond donors (Lipinski definition) is 1. The molecule has 2 rings (SSSR count). The summed E-state index contributed by atoms with van der Waals surface area (Å²) >= 11 is 0. The van der Waals surface area contributed by atoms with Crippen molar-refractivity contribution in [3.05, 3.63) is 41.4 Å². The molecule has 1 fully saturated rings. The molecular weight excluding hydrogens is 279 g/mol. The Kier molecular flexibility index (Phi) is 3.63. The van der Waals surface area contributed by atoms with Gasteiger partial charge in [0.25, 0.3) is 5.79 Å². The third-order valence-corrected chi connectivity index (χ3v) is 2.58. The van der Waals surface area contributed by atoms with Gasteiger partial charge in [0.05, 0.1) is 17.3 Å². The minimum atomic E-state index is -1.34. The number of hydrogen-bond acceptors (Lipinski definition) is 6. The van der Waals surface area contributed by atoms with E-state index in [1.807, 2.05) is 6.07 Å². The molecule has 0 amide bonds. The average molecular weight is 290 g/mol. The maximum absolute atomic E-state index is 13.5. The zero-order chi connectivity index (χ0) is 15.6. The van der Waals surface area contributed by atoms with Crippen LogP contribution in [0.5, 0.6) is 0 Å². The average Bonchev–Trinajstić information content (AvgIpc) is 2.38. The summed E-state index contributed by atoms with van der Waals surface area (Å²) in [6.07, 6.45) is 0.986. The van der Waals surface area contributed by atoms with Crippen LogP contribution in [-0.2, 0) is 19.1 Å². The molecule has 1 aromatic rings. The maximum atomic E-state index is 13.5. The highest BCUT2D eigenvalue weighted by Crippen LogP contribution is 2.23. The second kappa shape index (κ2) is 5.25. The molecular formula is C14H11FN2O4. The Labute approximate surface area is 119 Å². The molecule has 0 aliphatic carbocycles. The SMILES string of the molecule is CC1(C)OC(=O)C(=CNc2cc(C#N)ccc2F)C(=O)O1. The molecule has 108 valence electrons. The number of cyclic esters (lactones) is 2. The summed E-state index contributed by atoms with van der Waals surface area (Å²) in [5.41, 5.74) is -0.213. The van der Waals surface area contributed by atoms with Crippen LogP contribution < -0.4 is 5.32 Å². The highest BCUT2D eigenvalue weighted by atomic mass is 19.1. The molecule has 0 aromatic heterocycles. The van der Waals surface area contributed by atoms with E-state index >= 15 is 0 Å². The van der Waals surface area contributed by atoms with Crippen molar-refractivity contribution in [2.45, 2.75) is 19.6 Å². The second-order valence-corrected chi connectivity index (χ2v) is 4.69. The summed E-state index contributed by atoms with van der Waals surface area (Å²) in [4.78, 5) is 23.3. The fourth-order valence-corrected chi connectivity index (χ4v) is 1.63. The molecule has 0 spiro atoms. The third kappa shape index (κ3) is 3.17. The Morgan fingerprint density at radius 1 is 1.29 bits per heavy atom. The number of benzene rings is 1. The minimum absolute atomic E-state index is 0.0491. The van der Waals surface area contributed by atoms with Crippen molar-refractivity contribution in [3.8, 4) is 6.07 Å². The number of esters is 2. The third-order valence-electron chi connectivity index (χ3n) is 2.58. The van der Waals surface area contributed by atoms with E-state index in [0.29, 0.717) is 0 Å². The Hall–Kier alpha value is -2.88. The van der Waals surface area contributed by atoms with Crippen LogP contribution in [0.1, 0.15) is 19.4 Å². The van der Waals surface area contributed by atoms with Gasteiger partial charge in [-0.25, -0.2) is 14.0 Å². The van der Waals surface area contributed by atoms with E-state index in [1.165, 1.54) is 26.0 Å². The molecule has 1 aromatic carbocycles. The van der Waals surface area contributed by atoms with Gasteiger partial charge < -0.3 is 14.8 Å². The van der Waals surface area contributed by atoms with Gasteiger partial charge in [-0.15, -0.1) is 0 Å². The first-order chi connectivity index (χ1) is 9.82. The van der Waals surface area contributed by atoms with E-state index in [-0.39, 0.29) is 11.3 Å². The fourth-order valence-electron chi connectivity index (χ4n) is 1.63. The Morgan fingerprint density at radius 3 is 2.48 bits per heavy atom. The topological polar surface area (TPSA) is 88.4 Å². The zero-order valence-electron chi connectivity index (χ0n) is 11.3. The molecule has 0 unspecified atom stereocenters. The number of nitrogens with zero attached hydrogens (tertiary/aromatic N) is 1. The zero-order valence-corrected chi connectivity index (χ0v) is 11.3. The van der Waals surface area contributed by atoms with Gasteiger partial charge in [0.1, 0.15) is 5.82 Å². The lowest BCUT2D eigenvalue weighted by atomic mass is 10.2. The lowest BCUT2D eigenvalue weighted by molar-refractivity contribution is -0.222. The number of anilines is 1. The van der Waals surface area contributed by atoms with E-state index in [1.54, 1.807) is 0 Å². The first kappa shape index (κ1) is 14.5. The van der Waals surface area contributed by atoms with Crippen molar-refractivity contribution >= 4 is 17.6 Å². The van der Waals surface area contributed by atoms with Gasteiger partial charge in [-0.05, 0) is 18.2 Å². The first-order valence-electron chi connectivity index (χ1n) is 5.95. The summed E-state index contributed by atoms with van der Waals surface area (Å²) < 4.78 is 23.3. The minimum Gasteiger partial charge on any atom is -0.419 e. The number of nitrogens with one attached hydrogen (secondary N) is 1. The van der Waals surface area contributed by atoms with Gasteiger partial charge in [-0.3, -0.25) is 0 Å². The molecule has 21 heavy (non-hydrogen) atoms. The van der Waals surface area contributed by atoms with Crippen molar-refractivity contribution < 1.29 is 23.5 Å². The van der Waals surface area contributed by atoms with E-state index in [9.17, 15) is 14.0 Å². The molecule has 0 saturated carbocycles. The van der Waals surface area contributed by atoms with Crippen LogP contribution in [0.15, 0.2) is 30.0 Å². The normalized spacial score (nSPS) is 16.6. The number of nitriles is 1. The number of carbonyl (C=O) groups excluding carboxylic acids is 2. The maximum Gasteiger partial charge on any atom is 0.350 e. The Morgan fingerprint density at radius 2 is 1.90 bits per heavy atom. The van der Waals surface area contributed by atoms with E-state index in [2.05, 4.69) is 5.32 Å². The van der Waals surface area contributed by atoms with Crippen LogP contribution in [0.3, 0.4) is 0 Å². The van der Waals surface area contributed by atoms with Crippen molar-refractivity contribution in [2.75, 3.05) is 5.32 Å². The molecule has 6 nitrogen and oxygen atoms in total. The largest absolute Gasteiger partial charge is 0.419 e. The summed E-state index contributed by atoms with van der Waals surface area (Å²) in [7, 11) is 0. The van der Waals surface area contributed by atoms with Gasteiger partial charge in [0, 0.05) is 20.0 Å². The number of halogens is 1. The summed E-state index contributed by atoms with van der Waals surface area (Å²) in [5, 5.41) is 11.2. The van der Waals surface area contributed by atoms with Crippen molar-refractivity contribution in [3.63, 3.8) is 0 Å². The molecule has 0 radical (unpaired) electrons. The van der Waals surface area contributed by atoms with Crippen LogP contribution in [0, 0.1) is 17.1 Å². The second-order valence-electron chi connectivity index (χ2n) is 4.69. The summed E-state index contributed by atoms with van der Waals surface area (Å²) in [6.45, 7) is 2.84. The molecule has 1 N–H and O–H groups in total. The number of carbonyl (C=O) groups is 2.